The molecular formula is C12H16N4O3. The second-order valence-corrected chi connectivity index (χ2v) is 4.70. The quantitative estimate of drug-likeness (QED) is 0.621. The molecule has 1 aromatic heterocycles. The number of nitrogens with one attached hydrogen (secondary N) is 2. The summed E-state index contributed by atoms with van der Waals surface area (Å²) in [5, 5.41) is 16.4. The van der Waals surface area contributed by atoms with Crippen molar-refractivity contribution in [3.05, 3.63) is 27.9 Å². The van der Waals surface area contributed by atoms with Crippen molar-refractivity contribution >= 4 is 17.4 Å². The third-order valence-electron chi connectivity index (χ3n) is 3.25. The van der Waals surface area contributed by atoms with Gasteiger partial charge in [-0.2, -0.15) is 0 Å². The molecule has 0 aromatic carbocycles. The topological polar surface area (TPSA) is 97.2 Å². The fraction of sp³-hybridized carbons (Fsp3) is 0.500. The summed E-state index contributed by atoms with van der Waals surface area (Å²) in [6, 6.07) is 1.32. The van der Waals surface area contributed by atoms with E-state index >= 15 is 0 Å². The maximum atomic E-state index is 12.1. The predicted molar refractivity (Wildman–Crippen MR) is 70.1 cm³/mol. The van der Waals surface area contributed by atoms with Gasteiger partial charge in [-0.25, -0.2) is 4.98 Å². The van der Waals surface area contributed by atoms with E-state index in [0.29, 0.717) is 11.7 Å². The molecule has 1 unspecified atom stereocenters. The smallest absolute Gasteiger partial charge is 0.288 e. The molecule has 1 amide bonds. The van der Waals surface area contributed by atoms with Crippen LogP contribution in [0.25, 0.3) is 0 Å². The van der Waals surface area contributed by atoms with Gasteiger partial charge in [-0.3, -0.25) is 14.9 Å². The molecular weight excluding hydrogens is 248 g/mol. The van der Waals surface area contributed by atoms with Gasteiger partial charge >= 0.3 is 0 Å². The van der Waals surface area contributed by atoms with Gasteiger partial charge < -0.3 is 10.6 Å². The first-order valence-electron chi connectivity index (χ1n) is 6.16. The first-order chi connectivity index (χ1) is 9.02. The zero-order valence-electron chi connectivity index (χ0n) is 10.8. The Balaban J connectivity index is 2.22. The van der Waals surface area contributed by atoms with Crippen molar-refractivity contribution in [2.24, 2.45) is 5.92 Å². The minimum absolute atomic E-state index is 0.0801. The SMILES string of the molecule is CNc1ncc([N+](=O)[O-])cc1C(=O)NC(C)C1CC1. The maximum Gasteiger partial charge on any atom is 0.288 e. The number of pyridine rings is 1. The van der Waals surface area contributed by atoms with Crippen LogP contribution in [0.1, 0.15) is 30.1 Å². The van der Waals surface area contributed by atoms with Gasteiger partial charge in [0.25, 0.3) is 11.6 Å². The van der Waals surface area contributed by atoms with E-state index in [9.17, 15) is 14.9 Å². The fourth-order valence-corrected chi connectivity index (χ4v) is 1.92. The molecule has 7 nitrogen and oxygen atoms in total. The molecule has 1 atom stereocenters. The number of anilines is 1. The van der Waals surface area contributed by atoms with Crippen LogP contribution in [0.15, 0.2) is 12.3 Å². The highest BCUT2D eigenvalue weighted by Gasteiger charge is 2.30. The van der Waals surface area contributed by atoms with Crippen LogP contribution in [0.5, 0.6) is 0 Å². The second kappa shape index (κ2) is 5.21. The van der Waals surface area contributed by atoms with Crippen molar-refractivity contribution in [2.75, 3.05) is 12.4 Å². The number of hydrogen-bond donors (Lipinski definition) is 2. The van der Waals surface area contributed by atoms with Crippen molar-refractivity contribution in [1.29, 1.82) is 0 Å². The number of hydrogen-bond acceptors (Lipinski definition) is 5. The Morgan fingerprint density at radius 3 is 2.79 bits per heavy atom. The lowest BCUT2D eigenvalue weighted by molar-refractivity contribution is -0.385. The predicted octanol–water partition coefficient (Wildman–Crippen LogP) is 1.56. The summed E-state index contributed by atoms with van der Waals surface area (Å²) >= 11 is 0. The molecule has 1 fully saturated rings. The minimum Gasteiger partial charge on any atom is -0.372 e. The van der Waals surface area contributed by atoms with E-state index in [1.165, 1.54) is 6.07 Å². The molecule has 0 saturated heterocycles. The Hall–Kier alpha value is -2.18. The van der Waals surface area contributed by atoms with E-state index in [4.69, 9.17) is 0 Å². The molecule has 2 N–H and O–H groups in total. The van der Waals surface area contributed by atoms with Crippen molar-refractivity contribution in [2.45, 2.75) is 25.8 Å². The molecule has 0 aliphatic heterocycles. The standard InChI is InChI=1S/C12H16N4O3/c1-7(8-3-4-8)15-12(17)10-5-9(16(18)19)6-14-11(10)13-2/h5-8H,3-4H2,1-2H3,(H,13,14)(H,15,17). The maximum absolute atomic E-state index is 12.1. The van der Waals surface area contributed by atoms with Crippen LogP contribution in [0, 0.1) is 16.0 Å². The molecule has 0 spiro atoms. The van der Waals surface area contributed by atoms with Crippen LogP contribution >= 0.6 is 0 Å². The molecule has 1 aliphatic rings. The van der Waals surface area contributed by atoms with Crippen molar-refractivity contribution in [3.63, 3.8) is 0 Å². The Labute approximate surface area is 110 Å². The molecule has 1 heterocycles. The highest BCUT2D eigenvalue weighted by atomic mass is 16.6. The number of carbonyl (C=O) groups excluding carboxylic acids is 1. The minimum atomic E-state index is -0.562. The van der Waals surface area contributed by atoms with Crippen molar-refractivity contribution < 1.29 is 9.72 Å². The molecule has 7 heteroatoms. The van der Waals surface area contributed by atoms with Crippen LogP contribution < -0.4 is 10.6 Å². The molecule has 2 rings (SSSR count). The number of aromatic nitrogens is 1. The normalized spacial score (nSPS) is 15.7. The van der Waals surface area contributed by atoms with Crippen LogP contribution in [-0.2, 0) is 0 Å². The summed E-state index contributed by atoms with van der Waals surface area (Å²) in [6.45, 7) is 1.94. The average Bonchev–Trinajstić information content (AvgIpc) is 3.21. The van der Waals surface area contributed by atoms with Gasteiger partial charge in [0.05, 0.1) is 10.5 Å². The third-order valence-corrected chi connectivity index (χ3v) is 3.25. The molecule has 1 aliphatic carbocycles. The van der Waals surface area contributed by atoms with Gasteiger partial charge in [0.1, 0.15) is 12.0 Å². The van der Waals surface area contributed by atoms with Crippen LogP contribution in [-0.4, -0.2) is 28.9 Å². The number of rotatable bonds is 5. The van der Waals surface area contributed by atoms with Crippen LogP contribution in [0.4, 0.5) is 11.5 Å². The van der Waals surface area contributed by atoms with E-state index in [1.807, 2.05) is 6.92 Å². The molecule has 19 heavy (non-hydrogen) atoms. The summed E-state index contributed by atoms with van der Waals surface area (Å²) in [5.74, 6) is 0.527. The van der Waals surface area contributed by atoms with E-state index in [2.05, 4.69) is 15.6 Å². The monoisotopic (exact) mass is 264 g/mol. The van der Waals surface area contributed by atoms with Gasteiger partial charge in [0, 0.05) is 19.2 Å². The fourth-order valence-electron chi connectivity index (χ4n) is 1.92. The summed E-state index contributed by atoms with van der Waals surface area (Å²) in [7, 11) is 1.62. The highest BCUT2D eigenvalue weighted by Crippen LogP contribution is 2.32. The molecule has 1 aromatic rings. The number of carbonyl (C=O) groups is 1. The lowest BCUT2D eigenvalue weighted by Gasteiger charge is -2.14. The van der Waals surface area contributed by atoms with Gasteiger partial charge in [0.2, 0.25) is 0 Å². The van der Waals surface area contributed by atoms with Crippen LogP contribution in [0.3, 0.4) is 0 Å². The number of nitro groups is 1. The lowest BCUT2D eigenvalue weighted by Crippen LogP contribution is -2.34. The Morgan fingerprint density at radius 1 is 1.58 bits per heavy atom. The lowest BCUT2D eigenvalue weighted by atomic mass is 10.1. The Kier molecular flexibility index (Phi) is 3.64. The zero-order valence-corrected chi connectivity index (χ0v) is 10.8. The average molecular weight is 264 g/mol. The number of amides is 1. The number of nitrogens with zero attached hydrogens (tertiary/aromatic N) is 2. The van der Waals surface area contributed by atoms with Gasteiger partial charge in [-0.15, -0.1) is 0 Å². The molecule has 0 radical (unpaired) electrons. The summed E-state index contributed by atoms with van der Waals surface area (Å²) in [6.07, 6.45) is 3.37. The molecule has 1 saturated carbocycles. The van der Waals surface area contributed by atoms with Crippen LogP contribution in [0.2, 0.25) is 0 Å². The first-order valence-corrected chi connectivity index (χ1v) is 6.16. The Bertz CT molecular complexity index is 514. The van der Waals surface area contributed by atoms with E-state index in [1.54, 1.807) is 7.05 Å². The zero-order chi connectivity index (χ0) is 14.0. The Morgan fingerprint density at radius 2 is 2.26 bits per heavy atom. The molecule has 0 bridgehead atoms. The van der Waals surface area contributed by atoms with E-state index in [-0.39, 0.29) is 23.2 Å². The van der Waals surface area contributed by atoms with Gasteiger partial charge in [-0.05, 0) is 25.7 Å². The van der Waals surface area contributed by atoms with Crippen molar-refractivity contribution in [1.82, 2.24) is 10.3 Å². The largest absolute Gasteiger partial charge is 0.372 e. The van der Waals surface area contributed by atoms with Gasteiger partial charge in [0.15, 0.2) is 0 Å². The summed E-state index contributed by atoms with van der Waals surface area (Å²) < 4.78 is 0. The summed E-state index contributed by atoms with van der Waals surface area (Å²) in [5.41, 5.74) is 0.00688. The van der Waals surface area contributed by atoms with E-state index in [0.717, 1.165) is 19.0 Å². The second-order valence-electron chi connectivity index (χ2n) is 4.70. The van der Waals surface area contributed by atoms with E-state index < -0.39 is 4.92 Å². The first kappa shape index (κ1) is 13.3. The third kappa shape index (κ3) is 2.98. The van der Waals surface area contributed by atoms with Gasteiger partial charge in [-0.1, -0.05) is 0 Å². The molecule has 102 valence electrons. The summed E-state index contributed by atoms with van der Waals surface area (Å²) in [4.78, 5) is 26.2. The highest BCUT2D eigenvalue weighted by molar-refractivity contribution is 5.99. The van der Waals surface area contributed by atoms with Crippen molar-refractivity contribution in [3.8, 4) is 0 Å².